The Labute approximate surface area is 129 Å². The van der Waals surface area contributed by atoms with Gasteiger partial charge in [-0.1, -0.05) is 12.1 Å². The van der Waals surface area contributed by atoms with Gasteiger partial charge in [-0.15, -0.1) is 12.4 Å². The molecule has 22 heavy (non-hydrogen) atoms. The van der Waals surface area contributed by atoms with E-state index in [0.717, 1.165) is 5.56 Å². The molecule has 114 valence electrons. The Morgan fingerprint density at radius 2 is 1.82 bits per heavy atom. The van der Waals surface area contributed by atoms with Crippen LogP contribution in [-0.2, 0) is 6.54 Å². The molecular weight excluding hydrogens is 313 g/mol. The normalized spacial score (nSPS) is 10.4. The maximum atomic E-state index is 12.9. The maximum absolute atomic E-state index is 12.9. The molecule has 2 heterocycles. The molecule has 0 fully saturated rings. The van der Waals surface area contributed by atoms with E-state index >= 15 is 0 Å². The van der Waals surface area contributed by atoms with Crippen molar-refractivity contribution in [1.29, 1.82) is 0 Å². The molecule has 0 spiro atoms. The molecule has 0 aliphatic rings. The van der Waals surface area contributed by atoms with Gasteiger partial charge in [0.25, 0.3) is 5.56 Å². The van der Waals surface area contributed by atoms with Crippen molar-refractivity contribution < 1.29 is 9.50 Å². The highest BCUT2D eigenvalue weighted by molar-refractivity contribution is 5.85. The molecule has 0 saturated heterocycles. The first-order valence-electron chi connectivity index (χ1n) is 6.10. The molecular formula is C14H11ClFN3O3. The number of hydrogen-bond acceptors (Lipinski definition) is 4. The van der Waals surface area contributed by atoms with Crippen LogP contribution in [-0.4, -0.2) is 19.1 Å². The molecule has 3 rings (SSSR count). The predicted molar refractivity (Wildman–Crippen MR) is 80.1 cm³/mol. The van der Waals surface area contributed by atoms with Gasteiger partial charge in [0.2, 0.25) is 5.75 Å². The lowest BCUT2D eigenvalue weighted by Gasteiger charge is -2.08. The molecule has 3 aromatic rings. The van der Waals surface area contributed by atoms with Crippen molar-refractivity contribution in [2.75, 3.05) is 0 Å². The Bertz CT molecular complexity index is 935. The molecule has 0 amide bonds. The Balaban J connectivity index is 0.00000176. The van der Waals surface area contributed by atoms with Gasteiger partial charge in [-0.3, -0.25) is 14.0 Å². The lowest BCUT2D eigenvalue weighted by atomic mass is 10.2. The van der Waals surface area contributed by atoms with Crippen LogP contribution in [0.15, 0.2) is 52.6 Å². The van der Waals surface area contributed by atoms with Gasteiger partial charge in [0.1, 0.15) is 12.1 Å². The number of hydrogen-bond donors (Lipinski definition) is 1. The predicted octanol–water partition coefficient (Wildman–Crippen LogP) is 1.17. The number of nitrogens with zero attached hydrogens (tertiary/aromatic N) is 3. The van der Waals surface area contributed by atoms with Gasteiger partial charge in [0, 0.05) is 12.4 Å². The lowest BCUT2D eigenvalue weighted by Crippen LogP contribution is -2.24. The van der Waals surface area contributed by atoms with Crippen LogP contribution in [0.1, 0.15) is 5.56 Å². The maximum Gasteiger partial charge on any atom is 0.315 e. The third kappa shape index (κ3) is 2.71. The standard InChI is InChI=1S/C14H10FN3O3.ClH/c15-10-3-1-9(2-4-10)7-17-5-6-18-8-16-13(20)12(19)11(18)14(17)21;/h1-6,8,19H,7H2;1H. The summed E-state index contributed by atoms with van der Waals surface area (Å²) in [5.41, 5.74) is -0.802. The minimum Gasteiger partial charge on any atom is -0.501 e. The minimum atomic E-state index is -0.855. The second kappa shape index (κ2) is 5.98. The summed E-state index contributed by atoms with van der Waals surface area (Å²) in [5, 5.41) is 9.71. The summed E-state index contributed by atoms with van der Waals surface area (Å²) in [6, 6.07) is 5.72. The number of benzene rings is 1. The number of aromatic nitrogens is 3. The average molecular weight is 324 g/mol. The van der Waals surface area contributed by atoms with Gasteiger partial charge in [-0.05, 0) is 17.7 Å². The molecule has 0 radical (unpaired) electrons. The van der Waals surface area contributed by atoms with Crippen molar-refractivity contribution in [3.05, 3.63) is 75.1 Å². The molecule has 2 aromatic heterocycles. The van der Waals surface area contributed by atoms with E-state index in [4.69, 9.17) is 0 Å². The summed E-state index contributed by atoms with van der Waals surface area (Å²) in [6.45, 7) is 0.200. The topological polar surface area (TPSA) is 76.6 Å². The van der Waals surface area contributed by atoms with Crippen molar-refractivity contribution in [1.82, 2.24) is 14.0 Å². The fraction of sp³-hybridized carbons (Fsp3) is 0.0714. The molecule has 8 heteroatoms. The monoisotopic (exact) mass is 323 g/mol. The summed E-state index contributed by atoms with van der Waals surface area (Å²) >= 11 is 0. The third-order valence-corrected chi connectivity index (χ3v) is 3.12. The van der Waals surface area contributed by atoms with Gasteiger partial charge in [0.05, 0.1) is 6.54 Å². The van der Waals surface area contributed by atoms with E-state index in [9.17, 15) is 19.1 Å². The van der Waals surface area contributed by atoms with E-state index in [1.165, 1.54) is 39.8 Å². The highest BCUT2D eigenvalue weighted by Gasteiger charge is 2.11. The summed E-state index contributed by atoms with van der Waals surface area (Å²) in [4.78, 5) is 27.1. The Hall–Kier alpha value is -2.67. The van der Waals surface area contributed by atoms with Crippen molar-refractivity contribution in [3.63, 3.8) is 0 Å². The van der Waals surface area contributed by atoms with E-state index in [1.807, 2.05) is 0 Å². The first-order chi connectivity index (χ1) is 10.1. The SMILES string of the molecule is Cl.O=c1ncn2ccn(Cc3ccc(F)cc3)c(=O)c2c1O. The average Bonchev–Trinajstić information content (AvgIpc) is 2.48. The zero-order valence-corrected chi connectivity index (χ0v) is 12.0. The van der Waals surface area contributed by atoms with Crippen LogP contribution >= 0.6 is 12.4 Å². The minimum absolute atomic E-state index is 0. The molecule has 0 aliphatic carbocycles. The number of halogens is 2. The van der Waals surface area contributed by atoms with Gasteiger partial charge < -0.3 is 9.67 Å². The molecule has 0 atom stereocenters. The first-order valence-corrected chi connectivity index (χ1v) is 6.10. The number of rotatable bonds is 2. The fourth-order valence-corrected chi connectivity index (χ4v) is 2.05. The highest BCUT2D eigenvalue weighted by atomic mass is 35.5. The van der Waals surface area contributed by atoms with E-state index in [0.29, 0.717) is 0 Å². The van der Waals surface area contributed by atoms with Crippen LogP contribution in [0.25, 0.3) is 5.52 Å². The van der Waals surface area contributed by atoms with E-state index in [2.05, 4.69) is 4.98 Å². The van der Waals surface area contributed by atoms with Crippen LogP contribution in [0.5, 0.6) is 5.75 Å². The van der Waals surface area contributed by atoms with Crippen molar-refractivity contribution in [2.45, 2.75) is 6.54 Å². The van der Waals surface area contributed by atoms with Gasteiger partial charge in [-0.25, -0.2) is 4.39 Å². The summed E-state index contributed by atoms with van der Waals surface area (Å²) < 4.78 is 15.5. The fourth-order valence-electron chi connectivity index (χ4n) is 2.05. The van der Waals surface area contributed by atoms with Crippen LogP contribution in [0.2, 0.25) is 0 Å². The third-order valence-electron chi connectivity index (χ3n) is 3.12. The molecule has 6 nitrogen and oxygen atoms in total. The molecule has 0 unspecified atom stereocenters. The van der Waals surface area contributed by atoms with Crippen LogP contribution in [0.3, 0.4) is 0 Å². The first kappa shape index (κ1) is 15.7. The smallest absolute Gasteiger partial charge is 0.315 e. The molecule has 1 N–H and O–H groups in total. The molecule has 0 saturated carbocycles. The molecule has 1 aromatic carbocycles. The highest BCUT2D eigenvalue weighted by Crippen LogP contribution is 2.08. The van der Waals surface area contributed by atoms with Crippen molar-refractivity contribution in [3.8, 4) is 5.75 Å². The largest absolute Gasteiger partial charge is 0.501 e. The summed E-state index contributed by atoms with van der Waals surface area (Å²) in [6.07, 6.45) is 4.18. The van der Waals surface area contributed by atoms with Crippen LogP contribution < -0.4 is 11.1 Å². The van der Waals surface area contributed by atoms with Crippen molar-refractivity contribution >= 4 is 17.9 Å². The Kier molecular flexibility index (Phi) is 4.27. The van der Waals surface area contributed by atoms with Gasteiger partial charge in [0.15, 0.2) is 5.52 Å². The quantitative estimate of drug-likeness (QED) is 0.768. The van der Waals surface area contributed by atoms with E-state index in [-0.39, 0.29) is 30.3 Å². The molecule has 0 aliphatic heterocycles. The zero-order chi connectivity index (χ0) is 15.0. The number of fused-ring (bicyclic) bond motifs is 1. The zero-order valence-electron chi connectivity index (χ0n) is 11.1. The van der Waals surface area contributed by atoms with Gasteiger partial charge in [-0.2, -0.15) is 4.98 Å². The number of aromatic hydroxyl groups is 1. The van der Waals surface area contributed by atoms with Crippen LogP contribution in [0.4, 0.5) is 4.39 Å². The Morgan fingerprint density at radius 3 is 2.50 bits per heavy atom. The van der Waals surface area contributed by atoms with E-state index in [1.54, 1.807) is 12.1 Å². The van der Waals surface area contributed by atoms with Crippen molar-refractivity contribution in [2.24, 2.45) is 0 Å². The van der Waals surface area contributed by atoms with Gasteiger partial charge >= 0.3 is 5.56 Å². The summed E-state index contributed by atoms with van der Waals surface area (Å²) in [7, 11) is 0. The molecule has 0 bridgehead atoms. The van der Waals surface area contributed by atoms with E-state index < -0.39 is 16.9 Å². The summed E-state index contributed by atoms with van der Waals surface area (Å²) in [5.74, 6) is -1.05. The second-order valence-electron chi connectivity index (χ2n) is 4.51. The second-order valence-corrected chi connectivity index (χ2v) is 4.51. The Morgan fingerprint density at radius 1 is 1.14 bits per heavy atom. The van der Waals surface area contributed by atoms with Crippen LogP contribution in [0, 0.1) is 5.82 Å². The lowest BCUT2D eigenvalue weighted by molar-refractivity contribution is 0.468.